The van der Waals surface area contributed by atoms with Crippen LogP contribution in [0.3, 0.4) is 0 Å². The van der Waals surface area contributed by atoms with Gasteiger partial charge in [-0.2, -0.15) is 0 Å². The molecular weight excluding hydrogens is 388 g/mol. The molecule has 1 fully saturated rings. The smallest absolute Gasteiger partial charge is 0.154 e. The highest BCUT2D eigenvalue weighted by Gasteiger charge is 2.73. The summed E-state index contributed by atoms with van der Waals surface area (Å²) < 4.78 is 0. The van der Waals surface area contributed by atoms with E-state index in [1.807, 2.05) is 0 Å². The van der Waals surface area contributed by atoms with Crippen LogP contribution in [0, 0.1) is 10.8 Å². The van der Waals surface area contributed by atoms with E-state index in [0.29, 0.717) is 5.78 Å². The summed E-state index contributed by atoms with van der Waals surface area (Å²) in [6.45, 7) is 4.45. The molecule has 0 aliphatic heterocycles. The number of allylic oxidation sites excluding steroid dienone is 2. The molecule has 0 heterocycles. The van der Waals surface area contributed by atoms with Gasteiger partial charge in [0.1, 0.15) is 0 Å². The van der Waals surface area contributed by atoms with Crippen molar-refractivity contribution >= 4 is 27.7 Å². The van der Waals surface area contributed by atoms with E-state index in [1.54, 1.807) is 0 Å². The van der Waals surface area contributed by atoms with Gasteiger partial charge in [0, 0.05) is 11.8 Å². The maximum atomic E-state index is 14.5. The Labute approximate surface area is 188 Å². The number of benzene rings is 4. The molecule has 0 spiro atoms. The monoisotopic (exact) mass is 412 g/mol. The van der Waals surface area contributed by atoms with E-state index in [0.717, 1.165) is 0 Å². The van der Waals surface area contributed by atoms with E-state index in [-0.39, 0.29) is 11.8 Å². The van der Waals surface area contributed by atoms with Crippen molar-refractivity contribution < 1.29 is 4.79 Å². The molecule has 1 saturated carbocycles. The van der Waals surface area contributed by atoms with Crippen molar-refractivity contribution in [3.63, 3.8) is 0 Å². The molecular formula is C31H24O. The van der Waals surface area contributed by atoms with Crippen molar-refractivity contribution in [3.05, 3.63) is 119 Å². The fourth-order valence-electron chi connectivity index (χ4n) is 7.54. The predicted molar refractivity (Wildman–Crippen MR) is 130 cm³/mol. The second-order valence-electron chi connectivity index (χ2n) is 9.96. The molecule has 0 unspecified atom stereocenters. The maximum Gasteiger partial charge on any atom is 0.154 e. The maximum absolute atomic E-state index is 14.5. The molecule has 1 nitrogen and oxygen atoms in total. The minimum atomic E-state index is -0.556. The highest BCUT2D eigenvalue weighted by Crippen LogP contribution is 2.79. The molecule has 154 valence electrons. The number of ketones is 1. The first-order valence-corrected chi connectivity index (χ1v) is 11.5. The fourth-order valence-corrected chi connectivity index (χ4v) is 7.54. The molecule has 4 atom stereocenters. The van der Waals surface area contributed by atoms with Gasteiger partial charge in [0.2, 0.25) is 0 Å². The highest BCUT2D eigenvalue weighted by atomic mass is 16.1. The lowest BCUT2D eigenvalue weighted by molar-refractivity contribution is -0.127. The minimum Gasteiger partial charge on any atom is -0.298 e. The van der Waals surface area contributed by atoms with Crippen LogP contribution in [0.2, 0.25) is 0 Å². The van der Waals surface area contributed by atoms with E-state index in [9.17, 15) is 4.79 Å². The van der Waals surface area contributed by atoms with Gasteiger partial charge in [0.25, 0.3) is 0 Å². The first-order chi connectivity index (χ1) is 15.6. The third-order valence-corrected chi connectivity index (χ3v) is 8.57. The molecule has 0 radical (unpaired) electrons. The third kappa shape index (κ3) is 1.86. The Balaban J connectivity index is 1.63. The van der Waals surface area contributed by atoms with Gasteiger partial charge in [0.05, 0.1) is 10.8 Å². The molecule has 0 aromatic heterocycles. The molecule has 4 aromatic rings. The van der Waals surface area contributed by atoms with Crippen LogP contribution in [0.5, 0.6) is 0 Å². The summed E-state index contributed by atoms with van der Waals surface area (Å²) in [6.07, 6.45) is 0. The Morgan fingerprint density at radius 2 is 1.00 bits per heavy atom. The molecule has 1 heteroatoms. The van der Waals surface area contributed by atoms with Crippen LogP contribution in [0.4, 0.5) is 0 Å². The third-order valence-electron chi connectivity index (χ3n) is 8.57. The Bertz CT molecular complexity index is 1360. The lowest BCUT2D eigenvalue weighted by Crippen LogP contribution is -2.28. The molecule has 3 aliphatic rings. The number of hydrogen-bond donors (Lipinski definition) is 0. The largest absolute Gasteiger partial charge is 0.298 e. The number of carbonyl (C=O) groups is 1. The lowest BCUT2D eigenvalue weighted by atomic mass is 9.61. The van der Waals surface area contributed by atoms with Crippen LogP contribution in [-0.4, -0.2) is 5.78 Å². The van der Waals surface area contributed by atoms with Crippen molar-refractivity contribution in [2.75, 3.05) is 0 Å². The molecule has 0 saturated heterocycles. The quantitative estimate of drug-likeness (QED) is 0.339. The van der Waals surface area contributed by atoms with Gasteiger partial charge < -0.3 is 0 Å². The number of fused-ring (bicyclic) bond motifs is 7. The van der Waals surface area contributed by atoms with E-state index < -0.39 is 10.8 Å². The average Bonchev–Trinajstić information content (AvgIpc) is 3.34. The van der Waals surface area contributed by atoms with Crippen LogP contribution < -0.4 is 0 Å². The average molecular weight is 413 g/mol. The van der Waals surface area contributed by atoms with Crippen LogP contribution in [0.25, 0.3) is 21.9 Å². The van der Waals surface area contributed by atoms with Gasteiger partial charge in [0.15, 0.2) is 5.78 Å². The Morgan fingerprint density at radius 3 is 1.44 bits per heavy atom. The number of rotatable bonds is 2. The molecule has 4 aromatic carbocycles. The van der Waals surface area contributed by atoms with Crippen molar-refractivity contribution in [3.8, 4) is 0 Å². The van der Waals surface area contributed by atoms with Gasteiger partial charge >= 0.3 is 0 Å². The molecule has 7 rings (SSSR count). The first-order valence-electron chi connectivity index (χ1n) is 11.5. The second-order valence-corrected chi connectivity index (χ2v) is 9.96. The van der Waals surface area contributed by atoms with Crippen LogP contribution in [0.1, 0.15) is 47.9 Å². The molecule has 2 bridgehead atoms. The summed E-state index contributed by atoms with van der Waals surface area (Å²) in [6, 6.07) is 34.5. The van der Waals surface area contributed by atoms with Crippen LogP contribution >= 0.6 is 0 Å². The Hall–Kier alpha value is -3.45. The number of carbonyl (C=O) groups excluding carboxylic acids is 1. The number of Topliss-reactive ketones (excluding diaryl/α,β-unsaturated/α-hetero) is 1. The standard InChI is InChI=1S/C31H24O/c1-30-25(20-11-5-3-6-12-20)26(21-13-7-4-8-14-21)31(2,29(30)32)28-23-18-10-16-19-15-9-17-22(24(19)23)27(28)30/h3-18,27-28H,1-2H3/t27-,28-,30-,31+/m0/s1. The Kier molecular flexibility index (Phi) is 3.33. The lowest BCUT2D eigenvalue weighted by Gasteiger charge is -2.39. The summed E-state index contributed by atoms with van der Waals surface area (Å²) in [7, 11) is 0. The zero-order valence-electron chi connectivity index (χ0n) is 18.3. The Morgan fingerprint density at radius 1 is 0.562 bits per heavy atom. The van der Waals surface area contributed by atoms with Crippen molar-refractivity contribution in [2.45, 2.75) is 25.7 Å². The van der Waals surface area contributed by atoms with Crippen LogP contribution in [-0.2, 0) is 4.79 Å². The zero-order valence-corrected chi connectivity index (χ0v) is 18.3. The van der Waals surface area contributed by atoms with Gasteiger partial charge in [-0.05, 0) is 58.0 Å². The second kappa shape index (κ2) is 5.86. The topological polar surface area (TPSA) is 17.1 Å². The van der Waals surface area contributed by atoms with Gasteiger partial charge in [-0.1, -0.05) is 97.1 Å². The van der Waals surface area contributed by atoms with Crippen molar-refractivity contribution in [2.24, 2.45) is 10.8 Å². The van der Waals surface area contributed by atoms with Gasteiger partial charge in [-0.25, -0.2) is 0 Å². The SMILES string of the molecule is C[C@]12C(=O)[C@](C)(C(c3ccccc3)=C1c1ccccc1)[C@H]1c3cccc4cccc(c34)[C@@H]12. The minimum absolute atomic E-state index is 0.170. The van der Waals surface area contributed by atoms with Crippen LogP contribution in [0.15, 0.2) is 97.1 Å². The normalized spacial score (nSPS) is 29.8. The fraction of sp³-hybridized carbons (Fsp3) is 0.194. The molecule has 32 heavy (non-hydrogen) atoms. The summed E-state index contributed by atoms with van der Waals surface area (Å²) in [5, 5.41) is 2.66. The zero-order chi connectivity index (χ0) is 21.7. The van der Waals surface area contributed by atoms with E-state index >= 15 is 0 Å². The van der Waals surface area contributed by atoms with E-state index in [1.165, 1.54) is 44.2 Å². The predicted octanol–water partition coefficient (Wildman–Crippen LogP) is 7.24. The summed E-state index contributed by atoms with van der Waals surface area (Å²) >= 11 is 0. The van der Waals surface area contributed by atoms with Crippen molar-refractivity contribution in [1.29, 1.82) is 0 Å². The van der Waals surface area contributed by atoms with Gasteiger partial charge in [-0.15, -0.1) is 0 Å². The summed E-state index contributed by atoms with van der Waals surface area (Å²) in [4.78, 5) is 14.5. The highest BCUT2D eigenvalue weighted by molar-refractivity contribution is 6.25. The van der Waals surface area contributed by atoms with Crippen molar-refractivity contribution in [1.82, 2.24) is 0 Å². The van der Waals surface area contributed by atoms with Gasteiger partial charge in [-0.3, -0.25) is 4.79 Å². The molecule has 0 N–H and O–H groups in total. The van der Waals surface area contributed by atoms with E-state index in [2.05, 4.69) is 111 Å². The number of hydrogen-bond acceptors (Lipinski definition) is 1. The molecule has 3 aliphatic carbocycles. The summed E-state index contributed by atoms with van der Waals surface area (Å²) in [5.41, 5.74) is 6.38. The van der Waals surface area contributed by atoms with E-state index in [4.69, 9.17) is 0 Å². The first kappa shape index (κ1) is 18.2. The summed E-state index contributed by atoms with van der Waals surface area (Å²) in [5.74, 6) is 0.719. The molecule has 0 amide bonds.